The Morgan fingerprint density at radius 3 is 2.42 bits per heavy atom. The monoisotopic (exact) mass is 444 g/mol. The van der Waals surface area contributed by atoms with Gasteiger partial charge in [0.25, 0.3) is 0 Å². The summed E-state index contributed by atoms with van der Waals surface area (Å²) in [6, 6.07) is 14.7. The molecule has 0 aliphatic rings. The fourth-order valence-corrected chi connectivity index (χ4v) is 3.25. The molecule has 2 unspecified atom stereocenters. The van der Waals surface area contributed by atoms with Gasteiger partial charge in [0.2, 0.25) is 11.8 Å². The fraction of sp³-hybridized carbons (Fsp3) is 0.440. The molecule has 5 nitrogen and oxygen atoms in total. The molecule has 0 aliphatic heterocycles. The Kier molecular flexibility index (Phi) is 9.86. The van der Waals surface area contributed by atoms with E-state index >= 15 is 0 Å². The molecule has 0 saturated carbocycles. The second-order valence-corrected chi connectivity index (χ2v) is 8.28. The van der Waals surface area contributed by atoms with Crippen LogP contribution in [0, 0.1) is 6.92 Å². The third-order valence-corrected chi connectivity index (χ3v) is 5.66. The van der Waals surface area contributed by atoms with E-state index in [0.717, 1.165) is 17.7 Å². The lowest BCUT2D eigenvalue weighted by Crippen LogP contribution is -2.49. The van der Waals surface area contributed by atoms with E-state index in [1.54, 1.807) is 17.9 Å². The van der Waals surface area contributed by atoms with Crippen molar-refractivity contribution in [3.05, 3.63) is 64.7 Å². The van der Waals surface area contributed by atoms with Crippen LogP contribution in [0.3, 0.4) is 0 Å². The number of hydrogen-bond donors (Lipinski definition) is 1. The Morgan fingerprint density at radius 2 is 1.77 bits per heavy atom. The average molecular weight is 445 g/mol. The summed E-state index contributed by atoms with van der Waals surface area (Å²) in [5.74, 6) is 0.525. The predicted molar refractivity (Wildman–Crippen MR) is 125 cm³/mol. The van der Waals surface area contributed by atoms with E-state index in [1.807, 2.05) is 63.2 Å². The highest BCUT2D eigenvalue weighted by atomic mass is 35.5. The van der Waals surface area contributed by atoms with Crippen molar-refractivity contribution in [2.24, 2.45) is 0 Å². The van der Waals surface area contributed by atoms with Crippen LogP contribution in [0.1, 0.15) is 51.2 Å². The fourth-order valence-electron chi connectivity index (χ4n) is 3.05. The Morgan fingerprint density at radius 1 is 1.10 bits per heavy atom. The summed E-state index contributed by atoms with van der Waals surface area (Å²) < 4.78 is 5.73. The first-order valence-electron chi connectivity index (χ1n) is 10.8. The summed E-state index contributed by atoms with van der Waals surface area (Å²) in [7, 11) is 0. The number of carbonyl (C=O) groups excluding carboxylic acids is 2. The van der Waals surface area contributed by atoms with Crippen molar-refractivity contribution in [3.63, 3.8) is 0 Å². The highest BCUT2D eigenvalue weighted by Gasteiger charge is 2.27. The quantitative estimate of drug-likeness (QED) is 0.488. The molecule has 0 spiro atoms. The van der Waals surface area contributed by atoms with Gasteiger partial charge in [-0.3, -0.25) is 9.59 Å². The lowest BCUT2D eigenvalue weighted by Gasteiger charge is -2.30. The topological polar surface area (TPSA) is 58.6 Å². The number of nitrogens with one attached hydrogen (secondary N) is 1. The SMILES string of the molecule is CCC(C)NC(=O)C(C)N(Cc1ccccc1Cl)C(=O)CCCOc1ccc(C)cc1. The smallest absolute Gasteiger partial charge is 0.242 e. The van der Waals surface area contributed by atoms with Crippen LogP contribution in [0.2, 0.25) is 5.02 Å². The normalized spacial score (nSPS) is 12.7. The minimum Gasteiger partial charge on any atom is -0.494 e. The molecule has 0 radical (unpaired) electrons. The molecule has 0 bridgehead atoms. The van der Waals surface area contributed by atoms with Crippen LogP contribution in [0.5, 0.6) is 5.75 Å². The number of benzene rings is 2. The zero-order chi connectivity index (χ0) is 22.8. The molecule has 0 fully saturated rings. The lowest BCUT2D eigenvalue weighted by molar-refractivity contribution is -0.141. The number of aryl methyl sites for hydroxylation is 1. The first kappa shape index (κ1) is 24.7. The highest BCUT2D eigenvalue weighted by Crippen LogP contribution is 2.20. The Bertz CT molecular complexity index is 854. The van der Waals surface area contributed by atoms with Crippen molar-refractivity contribution in [3.8, 4) is 5.75 Å². The Balaban J connectivity index is 2.01. The molecular formula is C25H33ClN2O3. The van der Waals surface area contributed by atoms with E-state index in [2.05, 4.69) is 5.32 Å². The van der Waals surface area contributed by atoms with Crippen molar-refractivity contribution < 1.29 is 14.3 Å². The zero-order valence-corrected chi connectivity index (χ0v) is 19.6. The van der Waals surface area contributed by atoms with Gasteiger partial charge in [0, 0.05) is 24.0 Å². The van der Waals surface area contributed by atoms with Gasteiger partial charge >= 0.3 is 0 Å². The molecule has 31 heavy (non-hydrogen) atoms. The zero-order valence-electron chi connectivity index (χ0n) is 18.9. The molecule has 0 saturated heterocycles. The summed E-state index contributed by atoms with van der Waals surface area (Å²) in [5, 5.41) is 3.55. The van der Waals surface area contributed by atoms with Crippen molar-refractivity contribution in [1.82, 2.24) is 10.2 Å². The number of nitrogens with zero attached hydrogens (tertiary/aromatic N) is 1. The number of hydrogen-bond acceptors (Lipinski definition) is 3. The minimum atomic E-state index is -0.601. The standard InChI is InChI=1S/C25H33ClN2O3/c1-5-19(3)27-25(30)20(4)28(17-21-9-6-7-10-23(21)26)24(29)11-8-16-31-22-14-12-18(2)13-15-22/h6-7,9-10,12-15,19-20H,5,8,11,16-17H2,1-4H3,(H,27,30). The highest BCUT2D eigenvalue weighted by molar-refractivity contribution is 6.31. The molecule has 2 amide bonds. The molecule has 2 aromatic rings. The first-order chi connectivity index (χ1) is 14.8. The molecule has 0 heterocycles. The van der Waals surface area contributed by atoms with Crippen molar-refractivity contribution in [2.45, 2.75) is 65.6 Å². The van der Waals surface area contributed by atoms with Gasteiger partial charge in [-0.15, -0.1) is 0 Å². The van der Waals surface area contributed by atoms with Crippen LogP contribution in [0.4, 0.5) is 0 Å². The van der Waals surface area contributed by atoms with Crippen LogP contribution in [-0.2, 0) is 16.1 Å². The Labute approximate surface area is 190 Å². The van der Waals surface area contributed by atoms with E-state index in [4.69, 9.17) is 16.3 Å². The van der Waals surface area contributed by atoms with E-state index in [9.17, 15) is 9.59 Å². The van der Waals surface area contributed by atoms with E-state index in [0.29, 0.717) is 18.1 Å². The summed E-state index contributed by atoms with van der Waals surface area (Å²) in [6.07, 6.45) is 1.68. The van der Waals surface area contributed by atoms with Gasteiger partial charge in [0.15, 0.2) is 0 Å². The third kappa shape index (κ3) is 7.91. The molecular weight excluding hydrogens is 412 g/mol. The van der Waals surface area contributed by atoms with Crippen molar-refractivity contribution in [2.75, 3.05) is 6.61 Å². The van der Waals surface area contributed by atoms with Crippen LogP contribution in [0.25, 0.3) is 0 Å². The van der Waals surface area contributed by atoms with Crippen LogP contribution < -0.4 is 10.1 Å². The molecule has 168 valence electrons. The van der Waals surface area contributed by atoms with Gasteiger partial charge in [0.05, 0.1) is 6.61 Å². The lowest BCUT2D eigenvalue weighted by atomic mass is 10.1. The first-order valence-corrected chi connectivity index (χ1v) is 11.2. The van der Waals surface area contributed by atoms with Gasteiger partial charge in [-0.05, 0) is 57.4 Å². The second-order valence-electron chi connectivity index (χ2n) is 7.87. The summed E-state index contributed by atoms with van der Waals surface area (Å²) in [6.45, 7) is 8.46. The second kappa shape index (κ2) is 12.4. The van der Waals surface area contributed by atoms with Crippen molar-refractivity contribution in [1.29, 1.82) is 0 Å². The number of halogens is 1. The maximum absolute atomic E-state index is 13.1. The number of rotatable bonds is 11. The number of carbonyl (C=O) groups is 2. The van der Waals surface area contributed by atoms with Gasteiger partial charge in [-0.25, -0.2) is 0 Å². The summed E-state index contributed by atoms with van der Waals surface area (Å²) in [5.41, 5.74) is 1.99. The van der Waals surface area contributed by atoms with E-state index < -0.39 is 6.04 Å². The van der Waals surface area contributed by atoms with Gasteiger partial charge in [-0.1, -0.05) is 54.4 Å². The maximum atomic E-state index is 13.1. The summed E-state index contributed by atoms with van der Waals surface area (Å²) >= 11 is 6.31. The average Bonchev–Trinajstić information content (AvgIpc) is 2.76. The molecule has 0 aliphatic carbocycles. The summed E-state index contributed by atoms with van der Waals surface area (Å²) in [4.78, 5) is 27.4. The van der Waals surface area contributed by atoms with Crippen LogP contribution in [-0.4, -0.2) is 35.4 Å². The number of ether oxygens (including phenoxy) is 1. The van der Waals surface area contributed by atoms with Crippen molar-refractivity contribution >= 4 is 23.4 Å². The maximum Gasteiger partial charge on any atom is 0.242 e. The predicted octanol–water partition coefficient (Wildman–Crippen LogP) is 5.14. The third-order valence-electron chi connectivity index (χ3n) is 5.29. The molecule has 2 aromatic carbocycles. The molecule has 2 atom stereocenters. The molecule has 6 heteroatoms. The molecule has 1 N–H and O–H groups in total. The largest absolute Gasteiger partial charge is 0.494 e. The van der Waals surface area contributed by atoms with Gasteiger partial charge in [-0.2, -0.15) is 0 Å². The van der Waals surface area contributed by atoms with Gasteiger partial charge < -0.3 is 15.0 Å². The van der Waals surface area contributed by atoms with E-state index in [1.165, 1.54) is 5.56 Å². The van der Waals surface area contributed by atoms with Gasteiger partial charge in [0.1, 0.15) is 11.8 Å². The van der Waals surface area contributed by atoms with Crippen LogP contribution in [0.15, 0.2) is 48.5 Å². The van der Waals surface area contributed by atoms with E-state index in [-0.39, 0.29) is 30.8 Å². The number of amides is 2. The minimum absolute atomic E-state index is 0.0510. The Hall–Kier alpha value is -2.53. The van der Waals surface area contributed by atoms with Crippen LogP contribution >= 0.6 is 11.6 Å². The molecule has 0 aromatic heterocycles. The molecule has 2 rings (SSSR count).